The largest absolute Gasteiger partial charge is 0.317 e. The number of halogens is 2. The van der Waals surface area contributed by atoms with Crippen molar-refractivity contribution in [2.24, 2.45) is 5.92 Å². The number of hydrogen-bond donors (Lipinski definition) is 1. The first-order valence-electron chi connectivity index (χ1n) is 5.38. The average Bonchev–Trinajstić information content (AvgIpc) is 2.98. The Kier molecular flexibility index (Phi) is 3.27. The van der Waals surface area contributed by atoms with E-state index in [9.17, 15) is 4.39 Å². The van der Waals surface area contributed by atoms with Gasteiger partial charge in [-0.2, -0.15) is 0 Å². The molecule has 2 unspecified atom stereocenters. The highest BCUT2D eigenvalue weighted by atomic mass is 35.5. The zero-order chi connectivity index (χ0) is 10.8. The van der Waals surface area contributed by atoms with Crippen molar-refractivity contribution in [2.75, 3.05) is 13.1 Å². The highest BCUT2D eigenvalue weighted by Crippen LogP contribution is 2.47. The fourth-order valence-electron chi connectivity index (χ4n) is 1.95. The molecule has 1 fully saturated rings. The van der Waals surface area contributed by atoms with E-state index in [-0.39, 0.29) is 10.8 Å². The summed E-state index contributed by atoms with van der Waals surface area (Å²) in [6, 6.07) is 5.15. The van der Waals surface area contributed by atoms with Crippen LogP contribution in [0.5, 0.6) is 0 Å². The lowest BCUT2D eigenvalue weighted by atomic mass is 10.1. The minimum absolute atomic E-state index is 0.211. The lowest BCUT2D eigenvalue weighted by Gasteiger charge is -2.02. The number of rotatable bonds is 4. The lowest BCUT2D eigenvalue weighted by Crippen LogP contribution is -2.16. The van der Waals surface area contributed by atoms with E-state index in [2.05, 4.69) is 12.2 Å². The van der Waals surface area contributed by atoms with Gasteiger partial charge in [0.2, 0.25) is 0 Å². The van der Waals surface area contributed by atoms with E-state index in [0.717, 1.165) is 25.1 Å². The molecule has 0 saturated heterocycles. The summed E-state index contributed by atoms with van der Waals surface area (Å²) in [6.07, 6.45) is 1.16. The lowest BCUT2D eigenvalue weighted by molar-refractivity contribution is 0.622. The molecule has 3 heteroatoms. The Morgan fingerprint density at radius 3 is 3.00 bits per heavy atom. The van der Waals surface area contributed by atoms with Crippen molar-refractivity contribution in [2.45, 2.75) is 19.3 Å². The Morgan fingerprint density at radius 1 is 1.53 bits per heavy atom. The summed E-state index contributed by atoms with van der Waals surface area (Å²) >= 11 is 5.64. The molecular weight excluding hydrogens is 213 g/mol. The van der Waals surface area contributed by atoms with Gasteiger partial charge in [-0.15, -0.1) is 0 Å². The van der Waals surface area contributed by atoms with E-state index in [1.54, 1.807) is 12.1 Å². The van der Waals surface area contributed by atoms with Crippen LogP contribution in [0.2, 0.25) is 5.02 Å². The molecule has 0 aliphatic heterocycles. The summed E-state index contributed by atoms with van der Waals surface area (Å²) in [4.78, 5) is 0. The monoisotopic (exact) mass is 227 g/mol. The second kappa shape index (κ2) is 4.50. The molecule has 82 valence electrons. The smallest absolute Gasteiger partial charge is 0.142 e. The Labute approximate surface area is 94.6 Å². The molecule has 1 saturated carbocycles. The van der Waals surface area contributed by atoms with Gasteiger partial charge in [-0.25, -0.2) is 4.39 Å². The van der Waals surface area contributed by atoms with Crippen molar-refractivity contribution >= 4 is 11.6 Å². The Balaban J connectivity index is 1.98. The van der Waals surface area contributed by atoms with Crippen LogP contribution in [0.15, 0.2) is 18.2 Å². The molecule has 1 aliphatic rings. The van der Waals surface area contributed by atoms with E-state index in [1.165, 1.54) is 0 Å². The Hall–Kier alpha value is -0.600. The van der Waals surface area contributed by atoms with Gasteiger partial charge in [0, 0.05) is 0 Å². The zero-order valence-corrected chi connectivity index (χ0v) is 9.52. The third-order valence-electron chi connectivity index (χ3n) is 2.95. The van der Waals surface area contributed by atoms with Crippen LogP contribution in [0.25, 0.3) is 0 Å². The van der Waals surface area contributed by atoms with E-state index in [1.807, 2.05) is 6.07 Å². The van der Waals surface area contributed by atoms with Gasteiger partial charge in [-0.3, -0.25) is 0 Å². The highest BCUT2D eigenvalue weighted by molar-refractivity contribution is 6.30. The molecule has 0 aromatic heterocycles. The third-order valence-corrected chi connectivity index (χ3v) is 3.26. The molecule has 0 heterocycles. The van der Waals surface area contributed by atoms with Gasteiger partial charge in [0.05, 0.1) is 5.02 Å². The van der Waals surface area contributed by atoms with E-state index < -0.39 is 0 Å². The first-order chi connectivity index (χ1) is 7.22. The maximum absolute atomic E-state index is 13.2. The number of benzene rings is 1. The summed E-state index contributed by atoms with van der Waals surface area (Å²) in [7, 11) is 0. The van der Waals surface area contributed by atoms with E-state index >= 15 is 0 Å². The topological polar surface area (TPSA) is 12.0 Å². The number of nitrogens with one attached hydrogen (secondary N) is 1. The summed E-state index contributed by atoms with van der Waals surface area (Å²) in [5.74, 6) is 0.893. The van der Waals surface area contributed by atoms with E-state index in [4.69, 9.17) is 11.6 Å². The molecule has 2 atom stereocenters. The van der Waals surface area contributed by atoms with E-state index in [0.29, 0.717) is 11.8 Å². The Morgan fingerprint density at radius 2 is 2.33 bits per heavy atom. The molecule has 0 amide bonds. The van der Waals surface area contributed by atoms with Gasteiger partial charge in [-0.05, 0) is 49.0 Å². The quantitative estimate of drug-likeness (QED) is 0.833. The molecular formula is C12H15ClFN. The second-order valence-corrected chi connectivity index (χ2v) is 4.49. The van der Waals surface area contributed by atoms with Gasteiger partial charge in [0.1, 0.15) is 5.82 Å². The molecule has 15 heavy (non-hydrogen) atoms. The molecule has 1 aromatic carbocycles. The maximum atomic E-state index is 13.2. The van der Waals surface area contributed by atoms with Crippen molar-refractivity contribution in [3.05, 3.63) is 34.6 Å². The summed E-state index contributed by atoms with van der Waals surface area (Å²) in [5, 5.41) is 3.53. The molecule has 0 bridgehead atoms. The van der Waals surface area contributed by atoms with Gasteiger partial charge < -0.3 is 5.32 Å². The molecule has 2 rings (SSSR count). The van der Waals surface area contributed by atoms with Crippen LogP contribution < -0.4 is 5.32 Å². The van der Waals surface area contributed by atoms with Gasteiger partial charge >= 0.3 is 0 Å². The van der Waals surface area contributed by atoms with Crippen LogP contribution in [0.4, 0.5) is 4.39 Å². The first-order valence-corrected chi connectivity index (χ1v) is 5.75. The molecule has 0 radical (unpaired) electrons. The predicted octanol–water partition coefficient (Wildman–Crippen LogP) is 3.19. The highest BCUT2D eigenvalue weighted by Gasteiger charge is 2.37. The van der Waals surface area contributed by atoms with Gasteiger partial charge in [0.25, 0.3) is 0 Å². The van der Waals surface area contributed by atoms with Crippen LogP contribution in [0.1, 0.15) is 24.8 Å². The summed E-state index contributed by atoms with van der Waals surface area (Å²) in [5.41, 5.74) is 1.08. The minimum Gasteiger partial charge on any atom is -0.317 e. The van der Waals surface area contributed by atoms with Crippen LogP contribution in [0.3, 0.4) is 0 Å². The summed E-state index contributed by atoms with van der Waals surface area (Å²) in [6.45, 7) is 4.13. The normalized spacial score (nSPS) is 24.2. The number of hydrogen-bond acceptors (Lipinski definition) is 1. The zero-order valence-electron chi connectivity index (χ0n) is 8.76. The first kappa shape index (κ1) is 10.9. The van der Waals surface area contributed by atoms with Gasteiger partial charge in [-0.1, -0.05) is 24.6 Å². The summed E-state index contributed by atoms with van der Waals surface area (Å²) < 4.78 is 13.2. The molecule has 1 nitrogen and oxygen atoms in total. The third kappa shape index (κ3) is 2.50. The standard InChI is InChI=1S/C12H15ClFN/c1-2-15-7-9-5-10(9)8-3-4-11(13)12(14)6-8/h3-4,6,9-10,15H,2,5,7H2,1H3. The van der Waals surface area contributed by atoms with Crippen molar-refractivity contribution < 1.29 is 4.39 Å². The molecule has 1 N–H and O–H groups in total. The van der Waals surface area contributed by atoms with Crippen molar-refractivity contribution in [1.29, 1.82) is 0 Å². The van der Waals surface area contributed by atoms with Gasteiger partial charge in [0.15, 0.2) is 0 Å². The van der Waals surface area contributed by atoms with Crippen molar-refractivity contribution in [1.82, 2.24) is 5.32 Å². The van der Waals surface area contributed by atoms with Crippen LogP contribution >= 0.6 is 11.6 Å². The maximum Gasteiger partial charge on any atom is 0.142 e. The average molecular weight is 228 g/mol. The van der Waals surface area contributed by atoms with Crippen LogP contribution in [-0.4, -0.2) is 13.1 Å². The van der Waals surface area contributed by atoms with Crippen LogP contribution in [-0.2, 0) is 0 Å². The molecule has 1 aromatic rings. The fourth-order valence-corrected chi connectivity index (χ4v) is 2.07. The van der Waals surface area contributed by atoms with Crippen molar-refractivity contribution in [3.8, 4) is 0 Å². The fraction of sp³-hybridized carbons (Fsp3) is 0.500. The molecule has 0 spiro atoms. The Bertz CT molecular complexity index is 353. The SMILES string of the molecule is CCNCC1CC1c1ccc(Cl)c(F)c1. The molecule has 1 aliphatic carbocycles. The predicted molar refractivity (Wildman–Crippen MR) is 60.8 cm³/mol. The van der Waals surface area contributed by atoms with Crippen LogP contribution in [0, 0.1) is 11.7 Å². The minimum atomic E-state index is -0.303. The van der Waals surface area contributed by atoms with Crippen molar-refractivity contribution in [3.63, 3.8) is 0 Å². The second-order valence-electron chi connectivity index (χ2n) is 4.08.